The molecule has 0 bridgehead atoms. The van der Waals surface area contributed by atoms with Crippen LogP contribution in [-0.2, 0) is 13.1 Å². The van der Waals surface area contributed by atoms with Crippen molar-refractivity contribution in [3.8, 4) is 0 Å². The normalized spacial score (nSPS) is 18.1. The van der Waals surface area contributed by atoms with E-state index in [-0.39, 0.29) is 16.9 Å². The highest BCUT2D eigenvalue weighted by molar-refractivity contribution is 8.12. The van der Waals surface area contributed by atoms with Crippen LogP contribution in [0.5, 0.6) is 0 Å². The molecular weight excluding hydrogens is 503 g/mol. The summed E-state index contributed by atoms with van der Waals surface area (Å²) in [6, 6.07) is 16.0. The first-order valence-corrected chi connectivity index (χ1v) is 13.3. The van der Waals surface area contributed by atoms with Gasteiger partial charge in [0.15, 0.2) is 12.7 Å². The van der Waals surface area contributed by atoms with E-state index in [0.29, 0.717) is 34.8 Å². The van der Waals surface area contributed by atoms with Gasteiger partial charge in [0.2, 0.25) is 5.69 Å². The van der Waals surface area contributed by atoms with Gasteiger partial charge >= 0.3 is 6.18 Å². The van der Waals surface area contributed by atoms with Crippen LogP contribution in [0, 0.1) is 0 Å². The van der Waals surface area contributed by atoms with E-state index in [1.165, 1.54) is 11.3 Å². The van der Waals surface area contributed by atoms with Crippen molar-refractivity contribution in [3.05, 3.63) is 108 Å². The van der Waals surface area contributed by atoms with E-state index in [1.54, 1.807) is 16.5 Å². The van der Waals surface area contributed by atoms with Gasteiger partial charge in [0.1, 0.15) is 14.2 Å². The molecule has 3 heterocycles. The molecule has 2 aliphatic rings. The van der Waals surface area contributed by atoms with Crippen LogP contribution in [-0.4, -0.2) is 22.7 Å². The minimum absolute atomic E-state index is 0.0332. The predicted molar refractivity (Wildman–Crippen MR) is 138 cm³/mol. The van der Waals surface area contributed by atoms with Gasteiger partial charge in [-0.05, 0) is 25.8 Å². The molecule has 0 spiro atoms. The van der Waals surface area contributed by atoms with Gasteiger partial charge in [-0.15, -0.1) is 11.3 Å². The van der Waals surface area contributed by atoms with E-state index in [1.807, 2.05) is 61.7 Å². The van der Waals surface area contributed by atoms with Gasteiger partial charge in [0.25, 0.3) is 5.56 Å². The lowest BCUT2D eigenvalue weighted by Crippen LogP contribution is -2.38. The van der Waals surface area contributed by atoms with Crippen molar-refractivity contribution < 1.29 is 17.7 Å². The monoisotopic (exact) mass is 528 g/mol. The number of alkyl halides is 3. The molecule has 1 aliphatic heterocycles. The summed E-state index contributed by atoms with van der Waals surface area (Å²) < 4.78 is 46.1. The quantitative estimate of drug-likeness (QED) is 0.472. The number of nitrogens with zero attached hydrogens (tertiary/aromatic N) is 3. The van der Waals surface area contributed by atoms with Crippen molar-refractivity contribution in [1.82, 2.24) is 9.47 Å². The fourth-order valence-corrected chi connectivity index (χ4v) is 7.16. The number of allylic oxidation sites excluding steroid dienone is 2. The standard InChI is InChI=1S/C27H25F3N3OS2/c1-3-33-22(16-19-12-7-8-15-32(19)17-18-10-5-4-6-11-18)35-24(25(33)34)26-31(2)21-14-9-13-20(23(21)36-26)27(28,29)30/h4-8,10-12,14-16H,3,9,13,17H2,1-2H3/q+1/b26-24+. The Kier molecular flexibility index (Phi) is 6.70. The number of fused-ring (bicyclic) bond motifs is 1. The Labute approximate surface area is 215 Å². The summed E-state index contributed by atoms with van der Waals surface area (Å²) in [4.78, 5) is 15.4. The van der Waals surface area contributed by atoms with Crippen LogP contribution in [0.4, 0.5) is 13.2 Å². The lowest BCUT2D eigenvalue weighted by Gasteiger charge is -2.20. The Balaban J connectivity index is 1.65. The Hall–Kier alpha value is -3.04. The van der Waals surface area contributed by atoms with E-state index >= 15 is 0 Å². The third kappa shape index (κ3) is 4.57. The molecule has 4 nitrogen and oxygen atoms in total. The van der Waals surface area contributed by atoms with E-state index in [0.717, 1.165) is 27.7 Å². The zero-order valence-electron chi connectivity index (χ0n) is 19.9. The number of likely N-dealkylation sites (N-methyl/N-ethyl adjacent to an activating group) is 1. The number of rotatable bonds is 4. The molecule has 5 rings (SSSR count). The Morgan fingerprint density at radius 2 is 1.86 bits per heavy atom. The van der Waals surface area contributed by atoms with Crippen LogP contribution in [0.3, 0.4) is 0 Å². The number of thiazole rings is 1. The molecule has 186 valence electrons. The average molecular weight is 529 g/mol. The largest absolute Gasteiger partial charge is 0.413 e. The number of aromatic nitrogens is 2. The van der Waals surface area contributed by atoms with Crippen molar-refractivity contribution in [2.45, 2.75) is 39.0 Å². The molecule has 36 heavy (non-hydrogen) atoms. The van der Waals surface area contributed by atoms with Crippen LogP contribution in [0.2, 0.25) is 0 Å². The summed E-state index contributed by atoms with van der Waals surface area (Å²) in [7, 11) is 1.74. The first-order chi connectivity index (χ1) is 17.3. The summed E-state index contributed by atoms with van der Waals surface area (Å²) in [6.07, 6.45) is 1.74. The van der Waals surface area contributed by atoms with Gasteiger partial charge in [-0.3, -0.25) is 9.36 Å². The van der Waals surface area contributed by atoms with Gasteiger partial charge in [-0.25, -0.2) is 0 Å². The lowest BCUT2D eigenvalue weighted by atomic mass is 10.0. The van der Waals surface area contributed by atoms with Crippen LogP contribution in [0.15, 0.2) is 81.8 Å². The molecule has 1 aliphatic carbocycles. The highest BCUT2D eigenvalue weighted by Crippen LogP contribution is 2.51. The molecule has 3 aromatic rings. The molecule has 1 aromatic carbocycles. The second kappa shape index (κ2) is 9.78. The maximum atomic E-state index is 13.7. The number of halogens is 3. The molecular formula is C27H25F3N3OS2+. The summed E-state index contributed by atoms with van der Waals surface area (Å²) in [5.74, 6) is 0. The molecule has 2 aromatic heterocycles. The molecule has 0 N–H and O–H groups in total. The SMILES string of the molecule is CCn1c(=O)/c(=C2\SC3=C(C(F)(F)F)CCC=C3N2C)s/c1=C\c1cccc[n+]1Cc1ccccc1. The fraction of sp³-hybridized carbons (Fsp3) is 0.259. The summed E-state index contributed by atoms with van der Waals surface area (Å²) in [6.45, 7) is 3.05. The Morgan fingerprint density at radius 3 is 2.58 bits per heavy atom. The van der Waals surface area contributed by atoms with Gasteiger partial charge in [0, 0.05) is 47.8 Å². The van der Waals surface area contributed by atoms with Crippen LogP contribution in [0.1, 0.15) is 31.0 Å². The van der Waals surface area contributed by atoms with E-state index in [2.05, 4.69) is 16.7 Å². The molecule has 1 saturated heterocycles. The Bertz CT molecular complexity index is 1550. The predicted octanol–water partition coefficient (Wildman–Crippen LogP) is 4.33. The molecule has 0 amide bonds. The summed E-state index contributed by atoms with van der Waals surface area (Å²) >= 11 is 2.39. The minimum Gasteiger partial charge on any atom is -0.337 e. The molecule has 0 atom stereocenters. The van der Waals surface area contributed by atoms with Crippen molar-refractivity contribution in [3.63, 3.8) is 0 Å². The zero-order valence-corrected chi connectivity index (χ0v) is 21.5. The fourth-order valence-electron chi connectivity index (χ4n) is 4.50. The number of benzene rings is 1. The average Bonchev–Trinajstić information content (AvgIpc) is 3.36. The zero-order chi connectivity index (χ0) is 25.4. The molecule has 0 unspecified atom stereocenters. The van der Waals surface area contributed by atoms with Crippen LogP contribution < -0.4 is 19.3 Å². The summed E-state index contributed by atoms with van der Waals surface area (Å²) in [5, 5.41) is 0.557. The van der Waals surface area contributed by atoms with Gasteiger partial charge < -0.3 is 4.90 Å². The summed E-state index contributed by atoms with van der Waals surface area (Å²) in [5.41, 5.74) is 1.96. The molecule has 0 radical (unpaired) electrons. The molecule has 9 heteroatoms. The van der Waals surface area contributed by atoms with Crippen molar-refractivity contribution in [2.24, 2.45) is 0 Å². The minimum atomic E-state index is -4.38. The first-order valence-electron chi connectivity index (χ1n) is 11.7. The van der Waals surface area contributed by atoms with Crippen molar-refractivity contribution >= 4 is 34.2 Å². The Morgan fingerprint density at radius 1 is 1.11 bits per heavy atom. The molecule has 0 saturated carbocycles. The maximum Gasteiger partial charge on any atom is 0.413 e. The first kappa shape index (κ1) is 24.6. The highest BCUT2D eigenvalue weighted by atomic mass is 32.2. The highest BCUT2D eigenvalue weighted by Gasteiger charge is 2.42. The number of pyridine rings is 1. The molecule has 1 fully saturated rings. The van der Waals surface area contributed by atoms with E-state index in [4.69, 9.17) is 0 Å². The third-order valence-corrected chi connectivity index (χ3v) is 8.89. The number of thioether (sulfide) groups is 1. The number of hydrogen-bond acceptors (Lipinski definition) is 4. The van der Waals surface area contributed by atoms with Crippen molar-refractivity contribution in [1.29, 1.82) is 0 Å². The van der Waals surface area contributed by atoms with Gasteiger partial charge in [-0.1, -0.05) is 48.2 Å². The van der Waals surface area contributed by atoms with Crippen LogP contribution >= 0.6 is 23.1 Å². The number of hydrogen-bond donors (Lipinski definition) is 0. The third-order valence-electron chi connectivity index (χ3n) is 6.31. The van der Waals surface area contributed by atoms with E-state index < -0.39 is 11.7 Å². The second-order valence-electron chi connectivity index (χ2n) is 8.60. The van der Waals surface area contributed by atoms with Crippen LogP contribution in [0.25, 0.3) is 11.1 Å². The topological polar surface area (TPSA) is 29.1 Å². The van der Waals surface area contributed by atoms with Gasteiger partial charge in [0.05, 0.1) is 5.70 Å². The van der Waals surface area contributed by atoms with Crippen molar-refractivity contribution in [2.75, 3.05) is 7.05 Å². The maximum absolute atomic E-state index is 13.7. The second-order valence-corrected chi connectivity index (χ2v) is 10.6. The van der Waals surface area contributed by atoms with Gasteiger partial charge in [-0.2, -0.15) is 17.7 Å². The van der Waals surface area contributed by atoms with E-state index in [9.17, 15) is 18.0 Å². The lowest BCUT2D eigenvalue weighted by molar-refractivity contribution is -0.690. The smallest absolute Gasteiger partial charge is 0.337 e.